The Morgan fingerprint density at radius 2 is 2.06 bits per heavy atom. The molecular formula is C24H27FN4O3. The third-order valence-electron chi connectivity index (χ3n) is 5.90. The summed E-state index contributed by atoms with van der Waals surface area (Å²) in [5.74, 6) is -0.830. The third-order valence-corrected chi connectivity index (χ3v) is 5.90. The number of benzene rings is 1. The van der Waals surface area contributed by atoms with Gasteiger partial charge in [-0.1, -0.05) is 0 Å². The molecule has 1 aliphatic heterocycles. The van der Waals surface area contributed by atoms with E-state index in [9.17, 15) is 9.59 Å². The summed E-state index contributed by atoms with van der Waals surface area (Å²) in [5.41, 5.74) is 4.35. The number of aromatic nitrogens is 2. The second kappa shape index (κ2) is 8.70. The molecule has 0 radical (unpaired) electrons. The van der Waals surface area contributed by atoms with E-state index in [4.69, 9.17) is 9.72 Å². The first-order valence-electron chi connectivity index (χ1n) is 10.7. The number of aryl methyl sites for hydroxylation is 2. The number of hydrogen-bond donors (Lipinski definition) is 1. The summed E-state index contributed by atoms with van der Waals surface area (Å²) in [6.07, 6.45) is 2.18. The van der Waals surface area contributed by atoms with Crippen LogP contribution in [-0.2, 0) is 16.0 Å². The van der Waals surface area contributed by atoms with Crippen LogP contribution in [0.5, 0.6) is 0 Å². The molecule has 7 nitrogen and oxygen atoms in total. The van der Waals surface area contributed by atoms with Gasteiger partial charge in [-0.05, 0) is 49.2 Å². The van der Waals surface area contributed by atoms with Crippen molar-refractivity contribution < 1.29 is 18.7 Å². The molecule has 3 heterocycles. The van der Waals surface area contributed by atoms with Crippen molar-refractivity contribution in [3.05, 3.63) is 58.7 Å². The van der Waals surface area contributed by atoms with Crippen molar-refractivity contribution in [3.8, 4) is 11.3 Å². The maximum Gasteiger partial charge on any atom is 0.251 e. The summed E-state index contributed by atoms with van der Waals surface area (Å²) in [4.78, 5) is 30.4. The van der Waals surface area contributed by atoms with Crippen molar-refractivity contribution in [1.29, 1.82) is 0 Å². The fourth-order valence-electron chi connectivity index (χ4n) is 4.26. The number of morpholine rings is 1. The van der Waals surface area contributed by atoms with Crippen LogP contribution in [-0.4, -0.2) is 58.9 Å². The molecule has 1 atom stereocenters. The quantitative estimate of drug-likeness (QED) is 0.680. The zero-order valence-corrected chi connectivity index (χ0v) is 18.7. The number of carbonyl (C=O) groups excluding carboxylic acids is 2. The molecule has 3 aromatic rings. The normalized spacial score (nSPS) is 16.4. The molecule has 1 N–H and O–H groups in total. The summed E-state index contributed by atoms with van der Waals surface area (Å²) < 4.78 is 23.2. The minimum atomic E-state index is -0.500. The zero-order valence-electron chi connectivity index (χ0n) is 18.7. The van der Waals surface area contributed by atoms with Gasteiger partial charge in [-0.25, -0.2) is 9.37 Å². The van der Waals surface area contributed by atoms with Gasteiger partial charge in [-0.3, -0.25) is 9.59 Å². The summed E-state index contributed by atoms with van der Waals surface area (Å²) in [6.45, 7) is 6.82. The number of pyridine rings is 1. The van der Waals surface area contributed by atoms with Gasteiger partial charge >= 0.3 is 0 Å². The molecule has 0 aliphatic carbocycles. The summed E-state index contributed by atoms with van der Waals surface area (Å²) in [5, 5.41) is 2.53. The fraction of sp³-hybridized carbons (Fsp3) is 0.375. The van der Waals surface area contributed by atoms with Gasteiger partial charge in [0.1, 0.15) is 11.5 Å². The van der Waals surface area contributed by atoms with Crippen molar-refractivity contribution in [1.82, 2.24) is 19.6 Å². The van der Waals surface area contributed by atoms with Crippen LogP contribution in [0.15, 0.2) is 30.5 Å². The average molecular weight is 439 g/mol. The molecule has 0 unspecified atom stereocenters. The Kier molecular flexibility index (Phi) is 5.97. The number of amides is 2. The van der Waals surface area contributed by atoms with Gasteiger partial charge < -0.3 is 19.4 Å². The van der Waals surface area contributed by atoms with E-state index >= 15 is 4.39 Å². The lowest BCUT2D eigenvalue weighted by atomic mass is 9.98. The second-order valence-electron chi connectivity index (χ2n) is 8.23. The van der Waals surface area contributed by atoms with E-state index in [0.717, 1.165) is 11.3 Å². The molecule has 1 aromatic carbocycles. The van der Waals surface area contributed by atoms with Crippen molar-refractivity contribution in [2.24, 2.45) is 0 Å². The highest BCUT2D eigenvalue weighted by atomic mass is 19.1. The first-order valence-corrected chi connectivity index (χ1v) is 10.7. The van der Waals surface area contributed by atoms with E-state index in [0.29, 0.717) is 48.6 Å². The second-order valence-corrected chi connectivity index (χ2v) is 8.23. The highest BCUT2D eigenvalue weighted by Gasteiger charge is 2.27. The van der Waals surface area contributed by atoms with Crippen LogP contribution in [0.3, 0.4) is 0 Å². The highest BCUT2D eigenvalue weighted by molar-refractivity contribution is 5.95. The van der Waals surface area contributed by atoms with Gasteiger partial charge in [-0.15, -0.1) is 0 Å². The highest BCUT2D eigenvalue weighted by Crippen LogP contribution is 2.32. The van der Waals surface area contributed by atoms with Crippen LogP contribution in [0.2, 0.25) is 0 Å². The zero-order chi connectivity index (χ0) is 23.0. The minimum absolute atomic E-state index is 0.0129. The van der Waals surface area contributed by atoms with Crippen LogP contribution < -0.4 is 5.32 Å². The predicted molar refractivity (Wildman–Crippen MR) is 119 cm³/mol. The molecule has 1 fully saturated rings. The van der Waals surface area contributed by atoms with Crippen LogP contribution in [0, 0.1) is 19.7 Å². The number of hydrogen-bond acceptors (Lipinski definition) is 4. The first kappa shape index (κ1) is 22.0. The van der Waals surface area contributed by atoms with Crippen LogP contribution in [0.4, 0.5) is 4.39 Å². The maximum atomic E-state index is 15.3. The summed E-state index contributed by atoms with van der Waals surface area (Å²) >= 11 is 0. The Bertz CT molecular complexity index is 1180. The van der Waals surface area contributed by atoms with E-state index in [2.05, 4.69) is 5.32 Å². The summed E-state index contributed by atoms with van der Waals surface area (Å²) in [7, 11) is 1.51. The van der Waals surface area contributed by atoms with Crippen molar-refractivity contribution in [2.75, 3.05) is 26.7 Å². The maximum absolute atomic E-state index is 15.3. The molecule has 2 aromatic heterocycles. The Morgan fingerprint density at radius 3 is 2.75 bits per heavy atom. The SMILES string of the molecule is CNC(=O)c1cc(C)c(-c2nc3cc(C)ccn3c2C[C@@H]2CN(C(C)=O)CCO2)c(F)c1. The van der Waals surface area contributed by atoms with Gasteiger partial charge in [-0.2, -0.15) is 0 Å². The number of imidazole rings is 1. The van der Waals surface area contributed by atoms with Gasteiger partial charge in [0.15, 0.2) is 0 Å². The van der Waals surface area contributed by atoms with Gasteiger partial charge in [0.05, 0.1) is 24.1 Å². The topological polar surface area (TPSA) is 75.9 Å². The molecule has 2 amide bonds. The Balaban J connectivity index is 1.82. The molecule has 8 heteroatoms. The number of carbonyl (C=O) groups is 2. The smallest absolute Gasteiger partial charge is 0.251 e. The van der Waals surface area contributed by atoms with Crippen LogP contribution in [0.25, 0.3) is 16.9 Å². The number of rotatable bonds is 4. The first-order chi connectivity index (χ1) is 15.3. The fourth-order valence-corrected chi connectivity index (χ4v) is 4.26. The van der Waals surface area contributed by atoms with Crippen molar-refractivity contribution >= 4 is 17.5 Å². The number of ether oxygens (including phenoxy) is 1. The van der Waals surface area contributed by atoms with E-state index in [-0.39, 0.29) is 23.5 Å². The lowest BCUT2D eigenvalue weighted by Gasteiger charge is -2.32. The summed E-state index contributed by atoms with van der Waals surface area (Å²) in [6, 6.07) is 6.84. The van der Waals surface area contributed by atoms with Crippen molar-refractivity contribution in [3.63, 3.8) is 0 Å². The average Bonchev–Trinajstić information content (AvgIpc) is 3.09. The molecule has 1 saturated heterocycles. The number of halogens is 1. The largest absolute Gasteiger partial charge is 0.374 e. The van der Waals surface area contributed by atoms with Gasteiger partial charge in [0, 0.05) is 50.8 Å². The Labute approximate surface area is 186 Å². The molecule has 4 rings (SSSR count). The standard InChI is InChI=1S/C24H27FN4O3/c1-14-5-6-29-20(12-18-13-28(16(3)30)7-8-32-18)23(27-21(29)9-14)22-15(2)10-17(11-19(22)25)24(31)26-4/h5-6,9-11,18H,7-8,12-13H2,1-4H3,(H,26,31)/t18-/m1/s1. The number of fused-ring (bicyclic) bond motifs is 1. The van der Waals surface area contributed by atoms with E-state index < -0.39 is 5.82 Å². The molecule has 0 saturated carbocycles. The number of nitrogens with zero attached hydrogens (tertiary/aromatic N) is 3. The predicted octanol–water partition coefficient (Wildman–Crippen LogP) is 2.91. The van der Waals surface area contributed by atoms with Gasteiger partial charge in [0.2, 0.25) is 5.91 Å². The lowest BCUT2D eigenvalue weighted by Crippen LogP contribution is -2.45. The minimum Gasteiger partial charge on any atom is -0.374 e. The molecule has 0 bridgehead atoms. The molecule has 32 heavy (non-hydrogen) atoms. The number of nitrogens with one attached hydrogen (secondary N) is 1. The molecular weight excluding hydrogens is 411 g/mol. The Hall–Kier alpha value is -3.26. The van der Waals surface area contributed by atoms with E-state index in [1.54, 1.807) is 24.8 Å². The van der Waals surface area contributed by atoms with E-state index in [1.807, 2.05) is 29.7 Å². The monoisotopic (exact) mass is 438 g/mol. The van der Waals surface area contributed by atoms with Gasteiger partial charge in [0.25, 0.3) is 5.91 Å². The van der Waals surface area contributed by atoms with Crippen molar-refractivity contribution in [2.45, 2.75) is 33.3 Å². The Morgan fingerprint density at radius 1 is 1.28 bits per heavy atom. The van der Waals surface area contributed by atoms with Crippen LogP contribution in [0.1, 0.15) is 34.1 Å². The molecule has 0 spiro atoms. The molecule has 1 aliphatic rings. The third kappa shape index (κ3) is 4.10. The lowest BCUT2D eigenvalue weighted by molar-refractivity contribution is -0.136. The van der Waals surface area contributed by atoms with E-state index in [1.165, 1.54) is 13.1 Å². The molecule has 168 valence electrons. The van der Waals surface area contributed by atoms with Crippen LogP contribution >= 0.6 is 0 Å².